The molecule has 1 atom stereocenters. The van der Waals surface area contributed by atoms with Crippen LogP contribution in [0.3, 0.4) is 0 Å². The monoisotopic (exact) mass is 474 g/mol. The van der Waals surface area contributed by atoms with Gasteiger partial charge in [-0.15, -0.1) is 11.3 Å². The maximum atomic E-state index is 12.9. The van der Waals surface area contributed by atoms with Crippen molar-refractivity contribution in [1.29, 1.82) is 5.26 Å². The summed E-state index contributed by atoms with van der Waals surface area (Å²) in [5.74, 6) is 1.77. The first-order valence-corrected chi connectivity index (χ1v) is 12.5. The summed E-state index contributed by atoms with van der Waals surface area (Å²) in [5, 5.41) is 12.0. The van der Waals surface area contributed by atoms with Crippen molar-refractivity contribution in [2.45, 2.75) is 39.2 Å². The lowest BCUT2D eigenvalue weighted by molar-refractivity contribution is -0.132. The summed E-state index contributed by atoms with van der Waals surface area (Å²) in [5.41, 5.74) is 3.32. The fourth-order valence-corrected chi connectivity index (χ4v) is 5.24. The molecule has 2 aromatic heterocycles. The van der Waals surface area contributed by atoms with Crippen LogP contribution in [-0.2, 0) is 11.2 Å². The minimum atomic E-state index is 0.0333. The van der Waals surface area contributed by atoms with Gasteiger partial charge in [-0.1, -0.05) is 38.1 Å². The molecule has 0 unspecified atom stereocenters. The smallest absolute Gasteiger partial charge is 0.228 e. The first-order chi connectivity index (χ1) is 16.4. The highest BCUT2D eigenvalue weighted by atomic mass is 32.1. The second-order valence-electron chi connectivity index (χ2n) is 8.90. The van der Waals surface area contributed by atoms with Crippen LogP contribution in [0, 0.1) is 11.3 Å². The zero-order chi connectivity index (χ0) is 24.2. The fraction of sp³-hybridized carbons (Fsp3) is 0.370. The summed E-state index contributed by atoms with van der Waals surface area (Å²) >= 11 is 1.61. The van der Waals surface area contributed by atoms with Crippen molar-refractivity contribution < 1.29 is 9.53 Å². The van der Waals surface area contributed by atoms with Crippen molar-refractivity contribution in [2.24, 2.45) is 0 Å². The predicted octanol–water partition coefficient (Wildman–Crippen LogP) is 5.09. The number of para-hydroxylation sites is 1. The van der Waals surface area contributed by atoms with E-state index >= 15 is 0 Å². The number of ether oxygens (including phenoxy) is 1. The average molecular weight is 475 g/mol. The number of anilines is 1. The highest BCUT2D eigenvalue weighted by molar-refractivity contribution is 7.10. The SMILES string of the molecule is COc1ccccc1-c1cc(C#N)c(N2CCN(C(=O)Cc3cccs3)[C@H](C)C2)nc1C(C)C. The molecule has 0 spiro atoms. The zero-order valence-electron chi connectivity index (χ0n) is 20.1. The minimum absolute atomic E-state index is 0.0333. The number of amides is 1. The Morgan fingerprint density at radius 2 is 2.03 bits per heavy atom. The summed E-state index contributed by atoms with van der Waals surface area (Å²) in [6.07, 6.45) is 0.439. The van der Waals surface area contributed by atoms with Gasteiger partial charge in [0.1, 0.15) is 17.6 Å². The van der Waals surface area contributed by atoms with E-state index in [4.69, 9.17) is 9.72 Å². The lowest BCUT2D eigenvalue weighted by Gasteiger charge is -2.41. The Kier molecular flexibility index (Phi) is 7.18. The van der Waals surface area contributed by atoms with Crippen LogP contribution < -0.4 is 9.64 Å². The molecule has 34 heavy (non-hydrogen) atoms. The molecule has 6 nitrogen and oxygen atoms in total. The van der Waals surface area contributed by atoms with Gasteiger partial charge in [0.05, 0.1) is 24.8 Å². The van der Waals surface area contributed by atoms with Crippen LogP contribution in [0.5, 0.6) is 5.75 Å². The van der Waals surface area contributed by atoms with E-state index in [1.165, 1.54) is 0 Å². The van der Waals surface area contributed by atoms with Gasteiger partial charge in [0, 0.05) is 41.7 Å². The first-order valence-electron chi connectivity index (χ1n) is 11.6. The molecule has 0 saturated carbocycles. The van der Waals surface area contributed by atoms with Crippen LogP contribution in [0.15, 0.2) is 47.8 Å². The number of nitrogens with zero attached hydrogens (tertiary/aromatic N) is 4. The Labute approximate surface area is 205 Å². The number of hydrogen-bond acceptors (Lipinski definition) is 6. The number of hydrogen-bond donors (Lipinski definition) is 0. The molecule has 0 bridgehead atoms. The van der Waals surface area contributed by atoms with E-state index in [-0.39, 0.29) is 17.9 Å². The Morgan fingerprint density at radius 1 is 1.24 bits per heavy atom. The van der Waals surface area contributed by atoms with Crippen LogP contribution in [0.25, 0.3) is 11.1 Å². The highest BCUT2D eigenvalue weighted by Crippen LogP contribution is 2.37. The maximum absolute atomic E-state index is 12.9. The van der Waals surface area contributed by atoms with Crippen LogP contribution in [-0.4, -0.2) is 48.6 Å². The van der Waals surface area contributed by atoms with Gasteiger partial charge in [-0.3, -0.25) is 4.79 Å². The van der Waals surface area contributed by atoms with Crippen LogP contribution in [0.4, 0.5) is 5.82 Å². The van der Waals surface area contributed by atoms with Gasteiger partial charge in [0.25, 0.3) is 0 Å². The summed E-state index contributed by atoms with van der Waals surface area (Å²) < 4.78 is 5.58. The second kappa shape index (κ2) is 10.3. The number of aromatic nitrogens is 1. The quantitative estimate of drug-likeness (QED) is 0.498. The number of carbonyl (C=O) groups excluding carboxylic acids is 1. The summed E-state index contributed by atoms with van der Waals surface area (Å²) in [7, 11) is 1.65. The van der Waals surface area contributed by atoms with Gasteiger partial charge >= 0.3 is 0 Å². The molecular formula is C27H30N4O2S. The molecule has 7 heteroatoms. The van der Waals surface area contributed by atoms with Gasteiger partial charge in [-0.25, -0.2) is 4.98 Å². The molecule has 1 saturated heterocycles. The third-order valence-electron chi connectivity index (χ3n) is 6.25. The van der Waals surface area contributed by atoms with Crippen molar-refractivity contribution in [3.05, 3.63) is 64.0 Å². The normalized spacial score (nSPS) is 15.9. The standard InChI is InChI=1S/C27H30N4O2S/c1-18(2)26-23(22-9-5-6-10-24(22)33-4)14-20(16-28)27(29-26)30-11-12-31(19(3)17-30)25(32)15-21-8-7-13-34-21/h5-10,13-14,18-19H,11-12,15,17H2,1-4H3/t19-/m1/s1. The molecule has 1 aliphatic heterocycles. The highest BCUT2D eigenvalue weighted by Gasteiger charge is 2.30. The molecule has 0 N–H and O–H groups in total. The van der Waals surface area contributed by atoms with Gasteiger partial charge in [-0.2, -0.15) is 5.26 Å². The minimum Gasteiger partial charge on any atom is -0.496 e. The number of rotatable bonds is 6. The van der Waals surface area contributed by atoms with E-state index in [0.29, 0.717) is 37.4 Å². The topological polar surface area (TPSA) is 69.5 Å². The molecule has 1 amide bonds. The first kappa shape index (κ1) is 23.8. The van der Waals surface area contributed by atoms with E-state index in [1.807, 2.05) is 52.7 Å². The molecule has 3 heterocycles. The largest absolute Gasteiger partial charge is 0.496 e. The Bertz CT molecular complexity index is 1200. The van der Waals surface area contributed by atoms with Crippen LogP contribution in [0.1, 0.15) is 42.8 Å². The molecule has 176 valence electrons. The molecule has 1 aliphatic rings. The molecule has 0 aliphatic carbocycles. The molecule has 1 aromatic carbocycles. The summed E-state index contributed by atoms with van der Waals surface area (Å²) in [6, 6.07) is 16.1. The Hall–Kier alpha value is -3.37. The van der Waals surface area contributed by atoms with E-state index in [0.717, 1.165) is 27.4 Å². The van der Waals surface area contributed by atoms with Gasteiger partial charge < -0.3 is 14.5 Å². The van der Waals surface area contributed by atoms with Crippen molar-refractivity contribution in [1.82, 2.24) is 9.88 Å². The number of carbonyl (C=O) groups is 1. The number of nitriles is 1. The van der Waals surface area contributed by atoms with E-state index in [1.54, 1.807) is 18.4 Å². The third-order valence-corrected chi connectivity index (χ3v) is 7.13. The van der Waals surface area contributed by atoms with E-state index < -0.39 is 0 Å². The number of thiophene rings is 1. The summed E-state index contributed by atoms with van der Waals surface area (Å²) in [4.78, 5) is 23.1. The van der Waals surface area contributed by atoms with E-state index in [2.05, 4.69) is 31.7 Å². The molecular weight excluding hydrogens is 444 g/mol. The van der Waals surface area contributed by atoms with Crippen LogP contribution in [0.2, 0.25) is 0 Å². The fourth-order valence-electron chi connectivity index (χ4n) is 4.55. The Balaban J connectivity index is 1.63. The molecule has 4 rings (SSSR count). The zero-order valence-corrected chi connectivity index (χ0v) is 20.9. The van der Waals surface area contributed by atoms with Gasteiger partial charge in [0.15, 0.2) is 0 Å². The predicted molar refractivity (Wildman–Crippen MR) is 136 cm³/mol. The van der Waals surface area contributed by atoms with Crippen molar-refractivity contribution in [3.8, 4) is 22.9 Å². The van der Waals surface area contributed by atoms with Crippen molar-refractivity contribution in [2.75, 3.05) is 31.6 Å². The van der Waals surface area contributed by atoms with Gasteiger partial charge in [0.2, 0.25) is 5.91 Å². The molecule has 3 aromatic rings. The number of pyridine rings is 1. The summed E-state index contributed by atoms with van der Waals surface area (Å²) in [6.45, 7) is 8.19. The molecule has 1 fully saturated rings. The Morgan fingerprint density at radius 3 is 2.68 bits per heavy atom. The van der Waals surface area contributed by atoms with E-state index in [9.17, 15) is 10.1 Å². The van der Waals surface area contributed by atoms with Crippen LogP contribution >= 0.6 is 11.3 Å². The second-order valence-corrected chi connectivity index (χ2v) is 9.93. The number of piperazine rings is 1. The van der Waals surface area contributed by atoms with Crippen molar-refractivity contribution in [3.63, 3.8) is 0 Å². The van der Waals surface area contributed by atoms with Crippen molar-refractivity contribution >= 4 is 23.1 Å². The lowest BCUT2D eigenvalue weighted by Crippen LogP contribution is -2.54. The molecule has 0 radical (unpaired) electrons. The average Bonchev–Trinajstić information content (AvgIpc) is 3.35. The maximum Gasteiger partial charge on any atom is 0.228 e. The third kappa shape index (κ3) is 4.78. The number of benzene rings is 1. The number of methoxy groups -OCH3 is 1. The lowest BCUT2D eigenvalue weighted by atomic mass is 9.95. The van der Waals surface area contributed by atoms with Gasteiger partial charge in [-0.05, 0) is 36.4 Å².